The second-order valence-electron chi connectivity index (χ2n) is 9.34. The van der Waals surface area contributed by atoms with Crippen molar-refractivity contribution in [2.75, 3.05) is 22.1 Å². The van der Waals surface area contributed by atoms with Gasteiger partial charge in [0.2, 0.25) is 5.91 Å². The number of nitrogen functional groups attached to an aromatic ring is 1. The first-order valence-electron chi connectivity index (χ1n) is 12.2. The van der Waals surface area contributed by atoms with Gasteiger partial charge >= 0.3 is 5.69 Å². The number of nitrogens with one attached hydrogen (secondary N) is 1. The summed E-state index contributed by atoms with van der Waals surface area (Å²) < 4.78 is 1.40. The average Bonchev–Trinajstić information content (AvgIpc) is 3.32. The lowest BCUT2D eigenvalue weighted by atomic mass is 9.96. The number of fused-ring (bicyclic) bond motifs is 1. The molecule has 2 heterocycles. The highest BCUT2D eigenvalue weighted by Crippen LogP contribution is 2.33. The van der Waals surface area contributed by atoms with Gasteiger partial charge in [0.1, 0.15) is 5.82 Å². The fourth-order valence-electron chi connectivity index (χ4n) is 5.24. The molecule has 0 spiro atoms. The van der Waals surface area contributed by atoms with E-state index in [-0.39, 0.29) is 36.0 Å². The fraction of sp³-hybridized carbons (Fsp3) is 0.560. The van der Waals surface area contributed by atoms with Crippen LogP contribution in [0.25, 0.3) is 0 Å². The zero-order chi connectivity index (χ0) is 23.5. The SMILES string of the molecule is CCCCn1c(N)c(N(C(=O)CN2c3ccccc3CC[C@@H]2C)C2CCCC2)c(=O)[nH]c1=O. The maximum Gasteiger partial charge on any atom is 0.330 e. The van der Waals surface area contributed by atoms with Gasteiger partial charge in [-0.15, -0.1) is 0 Å². The molecule has 1 aliphatic heterocycles. The molecule has 0 unspecified atom stereocenters. The Balaban J connectivity index is 1.73. The lowest BCUT2D eigenvalue weighted by molar-refractivity contribution is -0.117. The van der Waals surface area contributed by atoms with E-state index in [9.17, 15) is 14.4 Å². The van der Waals surface area contributed by atoms with E-state index >= 15 is 0 Å². The Hall–Kier alpha value is -3.03. The summed E-state index contributed by atoms with van der Waals surface area (Å²) in [5.41, 5.74) is 7.74. The van der Waals surface area contributed by atoms with E-state index in [0.717, 1.165) is 57.1 Å². The summed E-state index contributed by atoms with van der Waals surface area (Å²) in [6.45, 7) is 4.74. The minimum Gasteiger partial charge on any atom is -0.383 e. The number of para-hydroxylation sites is 1. The number of carbonyl (C=O) groups excluding carboxylic acids is 1. The van der Waals surface area contributed by atoms with Crippen LogP contribution in [0.3, 0.4) is 0 Å². The number of aromatic nitrogens is 2. The fourth-order valence-corrected chi connectivity index (χ4v) is 5.24. The summed E-state index contributed by atoms with van der Waals surface area (Å²) in [5.74, 6) is -0.0621. The molecule has 1 atom stereocenters. The third-order valence-electron chi connectivity index (χ3n) is 7.12. The van der Waals surface area contributed by atoms with Gasteiger partial charge in [-0.25, -0.2) is 4.79 Å². The summed E-state index contributed by atoms with van der Waals surface area (Å²) in [6, 6.07) is 8.32. The van der Waals surface area contributed by atoms with Crippen LogP contribution >= 0.6 is 0 Å². The first-order valence-corrected chi connectivity index (χ1v) is 12.2. The van der Waals surface area contributed by atoms with Crippen LogP contribution < -0.4 is 26.8 Å². The molecule has 1 aromatic heterocycles. The summed E-state index contributed by atoms with van der Waals surface area (Å²) >= 11 is 0. The van der Waals surface area contributed by atoms with E-state index < -0.39 is 11.2 Å². The van der Waals surface area contributed by atoms with E-state index in [1.807, 2.05) is 19.1 Å². The molecule has 4 rings (SSSR count). The van der Waals surface area contributed by atoms with Crippen molar-refractivity contribution in [3.63, 3.8) is 0 Å². The van der Waals surface area contributed by atoms with Crippen LogP contribution in [0.15, 0.2) is 33.9 Å². The second kappa shape index (κ2) is 9.85. The van der Waals surface area contributed by atoms with Gasteiger partial charge in [-0.05, 0) is 50.7 Å². The average molecular weight is 454 g/mol. The summed E-state index contributed by atoms with van der Waals surface area (Å²) in [7, 11) is 0. The van der Waals surface area contributed by atoms with Crippen molar-refractivity contribution < 1.29 is 4.79 Å². The number of H-pyrrole nitrogens is 1. The molecule has 2 aromatic rings. The molecule has 178 valence electrons. The number of aryl methyl sites for hydroxylation is 1. The largest absolute Gasteiger partial charge is 0.383 e. The van der Waals surface area contributed by atoms with Crippen molar-refractivity contribution in [2.24, 2.45) is 0 Å². The monoisotopic (exact) mass is 453 g/mol. The molecule has 33 heavy (non-hydrogen) atoms. The van der Waals surface area contributed by atoms with Crippen molar-refractivity contribution in [3.05, 3.63) is 50.7 Å². The smallest absolute Gasteiger partial charge is 0.330 e. The Morgan fingerprint density at radius 2 is 1.91 bits per heavy atom. The van der Waals surface area contributed by atoms with Gasteiger partial charge in [0, 0.05) is 24.3 Å². The maximum atomic E-state index is 13.9. The van der Waals surface area contributed by atoms with E-state index in [2.05, 4.69) is 28.9 Å². The van der Waals surface area contributed by atoms with Crippen molar-refractivity contribution in [1.29, 1.82) is 0 Å². The lowest BCUT2D eigenvalue weighted by Crippen LogP contribution is -2.51. The van der Waals surface area contributed by atoms with Crippen LogP contribution in [-0.2, 0) is 17.8 Å². The number of carbonyl (C=O) groups is 1. The molecule has 1 aromatic carbocycles. The predicted molar refractivity (Wildman–Crippen MR) is 132 cm³/mol. The quantitative estimate of drug-likeness (QED) is 0.671. The maximum absolute atomic E-state index is 13.9. The first-order chi connectivity index (χ1) is 15.9. The molecule has 0 saturated heterocycles. The summed E-state index contributed by atoms with van der Waals surface area (Å²) in [4.78, 5) is 45.4. The molecule has 8 nitrogen and oxygen atoms in total. The molecular formula is C25H35N5O3. The topological polar surface area (TPSA) is 104 Å². The molecule has 1 fully saturated rings. The molecule has 0 radical (unpaired) electrons. The Labute approximate surface area is 194 Å². The molecule has 3 N–H and O–H groups in total. The number of nitrogens with zero attached hydrogens (tertiary/aromatic N) is 3. The highest BCUT2D eigenvalue weighted by Gasteiger charge is 2.35. The number of anilines is 3. The highest BCUT2D eigenvalue weighted by atomic mass is 16.2. The molecule has 0 bridgehead atoms. The number of benzene rings is 1. The second-order valence-corrected chi connectivity index (χ2v) is 9.34. The van der Waals surface area contributed by atoms with Crippen LogP contribution in [-0.4, -0.2) is 34.1 Å². The van der Waals surface area contributed by atoms with Crippen molar-refractivity contribution in [1.82, 2.24) is 9.55 Å². The van der Waals surface area contributed by atoms with E-state index in [1.54, 1.807) is 4.90 Å². The van der Waals surface area contributed by atoms with Gasteiger partial charge in [0.05, 0.1) is 6.54 Å². The Morgan fingerprint density at radius 1 is 1.18 bits per heavy atom. The van der Waals surface area contributed by atoms with E-state index in [0.29, 0.717) is 6.54 Å². The number of hydrogen-bond donors (Lipinski definition) is 2. The number of aromatic amines is 1. The Bertz CT molecular complexity index is 1120. The minimum absolute atomic E-state index is 0.0875. The minimum atomic E-state index is -0.586. The molecule has 2 aliphatic rings. The molecule has 1 aliphatic carbocycles. The van der Waals surface area contributed by atoms with Gasteiger partial charge in [-0.3, -0.25) is 24.0 Å². The van der Waals surface area contributed by atoms with Crippen LogP contribution in [0.1, 0.15) is 64.4 Å². The third kappa shape index (κ3) is 4.56. The third-order valence-corrected chi connectivity index (χ3v) is 7.12. The van der Waals surface area contributed by atoms with Gasteiger partial charge < -0.3 is 10.6 Å². The van der Waals surface area contributed by atoms with Crippen molar-refractivity contribution >= 4 is 23.1 Å². The zero-order valence-electron chi connectivity index (χ0n) is 19.7. The van der Waals surface area contributed by atoms with Crippen molar-refractivity contribution in [2.45, 2.75) is 83.8 Å². The van der Waals surface area contributed by atoms with Crippen LogP contribution in [0, 0.1) is 0 Å². The molecule has 1 saturated carbocycles. The summed E-state index contributed by atoms with van der Waals surface area (Å²) in [6.07, 6.45) is 7.26. The molecular weight excluding hydrogens is 418 g/mol. The van der Waals surface area contributed by atoms with Crippen molar-refractivity contribution in [3.8, 4) is 0 Å². The van der Waals surface area contributed by atoms with Crippen LogP contribution in [0.5, 0.6) is 0 Å². The number of unbranched alkanes of at least 4 members (excludes halogenated alkanes) is 1. The van der Waals surface area contributed by atoms with Crippen LogP contribution in [0.4, 0.5) is 17.2 Å². The number of nitrogens with two attached hydrogens (primary N) is 1. The number of hydrogen-bond acceptors (Lipinski definition) is 5. The van der Waals surface area contributed by atoms with E-state index in [4.69, 9.17) is 5.73 Å². The molecule has 1 amide bonds. The summed E-state index contributed by atoms with van der Waals surface area (Å²) in [5, 5.41) is 0. The highest BCUT2D eigenvalue weighted by molar-refractivity contribution is 5.99. The first kappa shape index (κ1) is 23.1. The van der Waals surface area contributed by atoms with Gasteiger partial charge in [0.15, 0.2) is 5.69 Å². The zero-order valence-corrected chi connectivity index (χ0v) is 19.7. The van der Waals surface area contributed by atoms with Gasteiger partial charge in [-0.2, -0.15) is 0 Å². The molecule has 8 heteroatoms. The van der Waals surface area contributed by atoms with Crippen LogP contribution in [0.2, 0.25) is 0 Å². The van der Waals surface area contributed by atoms with E-state index in [1.165, 1.54) is 10.1 Å². The number of rotatable bonds is 7. The van der Waals surface area contributed by atoms with Gasteiger partial charge in [0.25, 0.3) is 5.56 Å². The normalized spacial score (nSPS) is 18.4. The lowest BCUT2D eigenvalue weighted by Gasteiger charge is -2.39. The number of amides is 1. The Kier molecular flexibility index (Phi) is 6.91. The Morgan fingerprint density at radius 3 is 2.64 bits per heavy atom. The predicted octanol–water partition coefficient (Wildman–Crippen LogP) is 3.04. The van der Waals surface area contributed by atoms with Gasteiger partial charge in [-0.1, -0.05) is 44.4 Å². The standard InChI is InChI=1S/C25H35N5O3/c1-3-4-15-28-23(26)22(24(32)27-25(28)33)30(19-10-6-7-11-19)21(31)16-29-17(2)13-14-18-9-5-8-12-20(18)29/h5,8-9,12,17,19H,3-4,6-7,10-11,13-16,26H2,1-2H3,(H,27,32,33)/t17-/m0/s1.